The second kappa shape index (κ2) is 9.24. The Morgan fingerprint density at radius 2 is 2.00 bits per heavy atom. The number of aromatic nitrogens is 1. The van der Waals surface area contributed by atoms with Crippen LogP contribution in [0.25, 0.3) is 6.08 Å². The third-order valence-corrected chi connectivity index (χ3v) is 7.07. The van der Waals surface area contributed by atoms with Gasteiger partial charge in [-0.3, -0.25) is 23.9 Å². The van der Waals surface area contributed by atoms with Gasteiger partial charge in [-0.2, -0.15) is 5.26 Å². The third-order valence-electron chi connectivity index (χ3n) is 5.69. The summed E-state index contributed by atoms with van der Waals surface area (Å²) in [6, 6.07) is 2.01. The molecule has 0 spiro atoms. The number of carboxylic acid groups (broad SMARTS) is 1. The van der Waals surface area contributed by atoms with Crippen molar-refractivity contribution in [3.63, 3.8) is 0 Å². The van der Waals surface area contributed by atoms with Crippen LogP contribution in [0.3, 0.4) is 0 Å². The molecule has 0 bridgehead atoms. The molecular formula is C21H24N4O4S2. The molecule has 10 heteroatoms. The fourth-order valence-electron chi connectivity index (χ4n) is 3.90. The summed E-state index contributed by atoms with van der Waals surface area (Å²) in [5, 5.41) is 18.7. The van der Waals surface area contributed by atoms with E-state index in [0.29, 0.717) is 29.4 Å². The molecule has 2 saturated heterocycles. The van der Waals surface area contributed by atoms with Gasteiger partial charge in [-0.05, 0) is 44.2 Å². The van der Waals surface area contributed by atoms with Crippen molar-refractivity contribution in [3.05, 3.63) is 31.9 Å². The largest absolute Gasteiger partial charge is 0.480 e. The Bertz CT molecular complexity index is 1080. The van der Waals surface area contributed by atoms with Crippen LogP contribution in [-0.4, -0.2) is 50.4 Å². The van der Waals surface area contributed by atoms with E-state index in [9.17, 15) is 19.6 Å². The lowest BCUT2D eigenvalue weighted by Gasteiger charge is -2.35. The van der Waals surface area contributed by atoms with Gasteiger partial charge in [-0.1, -0.05) is 30.9 Å². The number of pyridine rings is 1. The van der Waals surface area contributed by atoms with Gasteiger partial charge >= 0.3 is 5.97 Å². The van der Waals surface area contributed by atoms with Crippen LogP contribution in [0.5, 0.6) is 0 Å². The molecule has 0 aliphatic carbocycles. The molecule has 1 N–H and O–H groups in total. The number of hydrogen-bond acceptors (Lipinski definition) is 7. The number of amides is 1. The summed E-state index contributed by atoms with van der Waals surface area (Å²) in [4.78, 5) is 40.4. The summed E-state index contributed by atoms with van der Waals surface area (Å²) in [6.07, 6.45) is 3.62. The lowest BCUT2D eigenvalue weighted by Crippen LogP contribution is -2.39. The monoisotopic (exact) mass is 460 g/mol. The van der Waals surface area contributed by atoms with Crippen molar-refractivity contribution >= 4 is 52.1 Å². The number of nitrogens with zero attached hydrogens (tertiary/aromatic N) is 4. The molecule has 8 nitrogen and oxygen atoms in total. The van der Waals surface area contributed by atoms with Crippen LogP contribution < -0.4 is 10.5 Å². The number of aliphatic carboxylic acids is 1. The molecule has 3 heterocycles. The molecular weight excluding hydrogens is 436 g/mol. The van der Waals surface area contributed by atoms with Crippen LogP contribution in [0.4, 0.5) is 5.82 Å². The summed E-state index contributed by atoms with van der Waals surface area (Å²) in [6.45, 7) is 7.18. The van der Waals surface area contributed by atoms with E-state index in [1.807, 2.05) is 13.0 Å². The quantitative estimate of drug-likeness (QED) is 0.528. The predicted octanol–water partition coefficient (Wildman–Crippen LogP) is 2.57. The summed E-state index contributed by atoms with van der Waals surface area (Å²) < 4.78 is 1.76. The number of carboxylic acids is 1. The van der Waals surface area contributed by atoms with Crippen LogP contribution in [0, 0.1) is 24.2 Å². The van der Waals surface area contributed by atoms with Crippen LogP contribution in [0.2, 0.25) is 0 Å². The van der Waals surface area contributed by atoms with E-state index in [0.717, 1.165) is 42.6 Å². The predicted molar refractivity (Wildman–Crippen MR) is 124 cm³/mol. The van der Waals surface area contributed by atoms with E-state index in [4.69, 9.17) is 17.3 Å². The smallest absolute Gasteiger partial charge is 0.323 e. The van der Waals surface area contributed by atoms with E-state index in [1.165, 1.54) is 0 Å². The average molecular weight is 461 g/mol. The Morgan fingerprint density at radius 1 is 1.35 bits per heavy atom. The van der Waals surface area contributed by atoms with Gasteiger partial charge in [-0.15, -0.1) is 0 Å². The Labute approximate surface area is 190 Å². The lowest BCUT2D eigenvalue weighted by molar-refractivity contribution is -0.140. The number of thiocarbonyl (C=S) groups is 1. The van der Waals surface area contributed by atoms with Crippen molar-refractivity contribution in [2.75, 3.05) is 24.5 Å². The Hall–Kier alpha value is -2.64. The molecule has 164 valence electrons. The first-order valence-corrected chi connectivity index (χ1v) is 11.3. The number of thioether (sulfide) groups is 1. The zero-order chi connectivity index (χ0) is 22.9. The van der Waals surface area contributed by atoms with Crippen molar-refractivity contribution < 1.29 is 14.7 Å². The van der Waals surface area contributed by atoms with Gasteiger partial charge in [0, 0.05) is 25.2 Å². The first kappa shape index (κ1) is 23.0. The second-order valence-corrected chi connectivity index (χ2v) is 9.41. The molecule has 1 aromatic rings. The standard InChI is InChI=1S/C21H24N4O4S2/c1-4-24-18(23-7-5-12(2)6-8-23)14(13(3)15(10-22)19(24)28)9-16-20(29)25(11-17(26)27)21(30)31-16/h9,12H,4-8,11H2,1-3H3,(H,26,27). The van der Waals surface area contributed by atoms with Crippen molar-refractivity contribution in [2.24, 2.45) is 5.92 Å². The summed E-state index contributed by atoms with van der Waals surface area (Å²) >= 11 is 6.23. The third kappa shape index (κ3) is 4.38. The van der Waals surface area contributed by atoms with Gasteiger partial charge in [0.05, 0.1) is 4.91 Å². The molecule has 0 atom stereocenters. The highest BCUT2D eigenvalue weighted by atomic mass is 32.2. The molecule has 1 aromatic heterocycles. The molecule has 0 aromatic carbocycles. The molecule has 0 radical (unpaired) electrons. The number of carbonyl (C=O) groups is 2. The highest BCUT2D eigenvalue weighted by Crippen LogP contribution is 2.36. The maximum absolute atomic E-state index is 13.0. The van der Waals surface area contributed by atoms with E-state index >= 15 is 0 Å². The fourth-order valence-corrected chi connectivity index (χ4v) is 5.14. The van der Waals surface area contributed by atoms with Crippen molar-refractivity contribution in [1.29, 1.82) is 5.26 Å². The Morgan fingerprint density at radius 3 is 2.55 bits per heavy atom. The molecule has 2 aliphatic heterocycles. The van der Waals surface area contributed by atoms with Gasteiger partial charge in [-0.25, -0.2) is 0 Å². The minimum absolute atomic E-state index is 0.0447. The summed E-state index contributed by atoms with van der Waals surface area (Å²) in [5.74, 6) is -0.349. The molecule has 0 unspecified atom stereocenters. The summed E-state index contributed by atoms with van der Waals surface area (Å²) in [5.41, 5.74) is 0.840. The maximum Gasteiger partial charge on any atom is 0.323 e. The van der Waals surface area contributed by atoms with Crippen LogP contribution in [-0.2, 0) is 16.1 Å². The summed E-state index contributed by atoms with van der Waals surface area (Å²) in [7, 11) is 0. The van der Waals surface area contributed by atoms with Crippen LogP contribution in [0.15, 0.2) is 9.70 Å². The average Bonchev–Trinajstić information content (AvgIpc) is 2.98. The zero-order valence-electron chi connectivity index (χ0n) is 17.7. The Balaban J connectivity index is 2.19. The van der Waals surface area contributed by atoms with E-state index in [-0.39, 0.29) is 20.3 Å². The van der Waals surface area contributed by atoms with E-state index in [1.54, 1.807) is 17.6 Å². The highest BCUT2D eigenvalue weighted by molar-refractivity contribution is 8.26. The maximum atomic E-state index is 13.0. The van der Waals surface area contributed by atoms with Crippen molar-refractivity contribution in [3.8, 4) is 6.07 Å². The van der Waals surface area contributed by atoms with E-state index in [2.05, 4.69) is 11.8 Å². The first-order chi connectivity index (χ1) is 14.7. The van der Waals surface area contributed by atoms with Crippen LogP contribution >= 0.6 is 24.0 Å². The molecule has 0 saturated carbocycles. The molecule has 31 heavy (non-hydrogen) atoms. The van der Waals surface area contributed by atoms with Crippen LogP contribution in [0.1, 0.15) is 43.4 Å². The zero-order valence-corrected chi connectivity index (χ0v) is 19.3. The SMILES string of the molecule is CCn1c(N2CCC(C)CC2)c(C=C2SC(=S)N(CC(=O)O)C2=O)c(C)c(C#N)c1=O. The van der Waals surface area contributed by atoms with Gasteiger partial charge < -0.3 is 10.0 Å². The highest BCUT2D eigenvalue weighted by Gasteiger charge is 2.34. The topological polar surface area (TPSA) is 107 Å². The minimum atomic E-state index is -1.15. The first-order valence-electron chi connectivity index (χ1n) is 10.1. The van der Waals surface area contributed by atoms with Gasteiger partial charge in [0.25, 0.3) is 11.5 Å². The normalized spacial score (nSPS) is 18.7. The second-order valence-electron chi connectivity index (χ2n) is 7.73. The number of nitriles is 1. The number of rotatable bonds is 5. The number of hydrogen-bond donors (Lipinski definition) is 1. The minimum Gasteiger partial charge on any atom is -0.480 e. The molecule has 1 amide bonds. The van der Waals surface area contributed by atoms with Gasteiger partial charge in [0.2, 0.25) is 0 Å². The molecule has 3 rings (SSSR count). The van der Waals surface area contributed by atoms with E-state index < -0.39 is 18.4 Å². The molecule has 2 aliphatic rings. The van der Waals surface area contributed by atoms with Gasteiger partial charge in [0.1, 0.15) is 28.3 Å². The Kier molecular flexibility index (Phi) is 6.86. The number of piperidine rings is 1. The van der Waals surface area contributed by atoms with Crippen molar-refractivity contribution in [2.45, 2.75) is 40.2 Å². The molecule has 2 fully saturated rings. The van der Waals surface area contributed by atoms with Crippen molar-refractivity contribution in [1.82, 2.24) is 9.47 Å². The lowest BCUT2D eigenvalue weighted by atomic mass is 9.97. The fraction of sp³-hybridized carbons (Fsp3) is 0.476. The number of carbonyl (C=O) groups excluding carboxylic acids is 1. The van der Waals surface area contributed by atoms with Gasteiger partial charge in [0.15, 0.2) is 0 Å². The number of anilines is 1.